The van der Waals surface area contributed by atoms with Gasteiger partial charge in [-0.25, -0.2) is 0 Å². The quantitative estimate of drug-likeness (QED) is 0.0497. The molecule has 0 atom stereocenters. The number of carbonyl (C=O) groups is 3. The van der Waals surface area contributed by atoms with Crippen LogP contribution in [-0.4, -0.2) is 67.0 Å². The minimum atomic E-state index is -0.0791. The van der Waals surface area contributed by atoms with Crippen molar-refractivity contribution in [2.45, 2.75) is 71.7 Å². The number of nitrogens with zero attached hydrogens (tertiary/aromatic N) is 6. The van der Waals surface area contributed by atoms with Crippen molar-refractivity contribution in [3.05, 3.63) is 368 Å². The van der Waals surface area contributed by atoms with Gasteiger partial charge in [-0.3, -0.25) is 29.3 Å². The Kier molecular flexibility index (Phi) is 27.0. The standard InChI is InChI=1S/C31H32N2O2.C29H25ClN2O.C22H21ClN2O/c34-31(16-9-14-26-10-3-1-4-11-26)33(23-21-29-15-7-8-22-32-29)24-27-17-19-30(20-18-27)35-25-28-12-5-2-6-13-28;30-28-12-5-4-11-27(28)29(33)32(21-19-26-10-6-7-20-31-26)22-25-17-15-24(16-18-25)14-13-23-8-2-1-3-9-23;1-17-9-11-18(12-10-17)16-25(15-13-19-6-4-5-14-24-19)22(26)20-7-2-3-8-21(20)23/h1-8,10-13,15,17-20,22H,9,14,16,21,23-25H2;1-18,20H,19,21-22H2;2-12,14H,13,15-16H2,1H3/b;14-13+;. The molecule has 8 aromatic carbocycles. The number of aryl methyl sites for hydroxylation is 2. The Morgan fingerprint density at radius 2 is 0.766 bits per heavy atom. The van der Waals surface area contributed by atoms with Crippen LogP contribution in [0.25, 0.3) is 12.2 Å². The van der Waals surface area contributed by atoms with Crippen molar-refractivity contribution in [3.63, 3.8) is 0 Å². The van der Waals surface area contributed by atoms with Crippen LogP contribution in [0.2, 0.25) is 10.0 Å². The molecular formula is C82H78Cl2N6O4. The molecule has 0 unspecified atom stereocenters. The molecule has 0 bridgehead atoms. The summed E-state index contributed by atoms with van der Waals surface area (Å²) in [5.41, 5.74) is 13.1. The second-order valence-corrected chi connectivity index (χ2v) is 23.5. The van der Waals surface area contributed by atoms with E-state index < -0.39 is 0 Å². The van der Waals surface area contributed by atoms with E-state index in [1.807, 2.05) is 172 Å². The van der Waals surface area contributed by atoms with E-state index in [0.717, 1.165) is 75.5 Å². The Bertz CT molecular complexity index is 4060. The Morgan fingerprint density at radius 3 is 1.22 bits per heavy atom. The number of amides is 3. The maximum atomic E-state index is 13.3. The summed E-state index contributed by atoms with van der Waals surface area (Å²) in [5, 5.41) is 0.941. The van der Waals surface area contributed by atoms with Gasteiger partial charge in [0.15, 0.2) is 0 Å². The van der Waals surface area contributed by atoms with Gasteiger partial charge in [0.1, 0.15) is 12.4 Å². The van der Waals surface area contributed by atoms with Crippen LogP contribution in [0.5, 0.6) is 5.75 Å². The van der Waals surface area contributed by atoms with E-state index in [9.17, 15) is 14.4 Å². The smallest absolute Gasteiger partial charge is 0.255 e. The number of pyridine rings is 3. The highest BCUT2D eigenvalue weighted by molar-refractivity contribution is 6.34. The topological polar surface area (TPSA) is 109 Å². The molecule has 0 spiro atoms. The van der Waals surface area contributed by atoms with E-state index >= 15 is 0 Å². The van der Waals surface area contributed by atoms with Crippen molar-refractivity contribution in [2.75, 3.05) is 19.6 Å². The minimum Gasteiger partial charge on any atom is -0.489 e. The van der Waals surface area contributed by atoms with E-state index in [1.54, 1.807) is 42.9 Å². The summed E-state index contributed by atoms with van der Waals surface area (Å²) in [5.74, 6) is 0.866. The van der Waals surface area contributed by atoms with Crippen molar-refractivity contribution >= 4 is 53.1 Å². The number of carbonyl (C=O) groups excluding carboxylic acids is 3. The van der Waals surface area contributed by atoms with E-state index in [2.05, 4.69) is 119 Å². The maximum absolute atomic E-state index is 13.3. The zero-order valence-electron chi connectivity index (χ0n) is 53.1. The van der Waals surface area contributed by atoms with Crippen LogP contribution in [0.4, 0.5) is 0 Å². The first-order valence-corrected chi connectivity index (χ1v) is 32.6. The molecule has 0 aliphatic rings. The van der Waals surface area contributed by atoms with Gasteiger partial charge in [-0.1, -0.05) is 235 Å². The summed E-state index contributed by atoms with van der Waals surface area (Å²) < 4.78 is 5.91. The number of halogens is 2. The molecule has 10 nitrogen and oxygen atoms in total. The highest BCUT2D eigenvalue weighted by Crippen LogP contribution is 2.23. The van der Waals surface area contributed by atoms with E-state index in [-0.39, 0.29) is 17.7 Å². The number of aromatic nitrogens is 3. The Balaban J connectivity index is 0.000000168. The van der Waals surface area contributed by atoms with Crippen LogP contribution >= 0.6 is 23.2 Å². The summed E-state index contributed by atoms with van der Waals surface area (Å²) in [6.07, 6.45) is 13.9. The number of hydrogen-bond donors (Lipinski definition) is 0. The summed E-state index contributed by atoms with van der Waals surface area (Å²) in [4.78, 5) is 58.4. The molecule has 0 aliphatic carbocycles. The number of rotatable bonds is 26. The normalized spacial score (nSPS) is 10.7. The molecule has 3 heterocycles. The summed E-state index contributed by atoms with van der Waals surface area (Å²) in [7, 11) is 0. The summed E-state index contributed by atoms with van der Waals surface area (Å²) in [6.45, 7) is 5.99. The molecule has 12 heteroatoms. The van der Waals surface area contributed by atoms with Crippen LogP contribution in [0.3, 0.4) is 0 Å². The lowest BCUT2D eigenvalue weighted by Crippen LogP contribution is -2.32. The third kappa shape index (κ3) is 22.8. The first kappa shape index (κ1) is 68.1. The zero-order valence-corrected chi connectivity index (χ0v) is 54.6. The molecule has 0 aliphatic heterocycles. The van der Waals surface area contributed by atoms with Crippen LogP contribution in [-0.2, 0) is 56.7 Å². The van der Waals surface area contributed by atoms with Crippen molar-refractivity contribution in [3.8, 4) is 5.75 Å². The first-order chi connectivity index (χ1) is 46.1. The number of hydrogen-bond acceptors (Lipinski definition) is 7. The minimum absolute atomic E-state index is 0.0629. The number of ether oxygens (including phenoxy) is 1. The van der Waals surface area contributed by atoms with E-state index in [1.165, 1.54) is 11.1 Å². The molecule has 0 N–H and O–H groups in total. The molecule has 3 amide bonds. The Hall–Kier alpha value is -10.3. The molecule has 0 saturated heterocycles. The third-order valence-corrected chi connectivity index (χ3v) is 16.2. The second kappa shape index (κ2) is 37.3. The second-order valence-electron chi connectivity index (χ2n) is 22.7. The highest BCUT2D eigenvalue weighted by Gasteiger charge is 2.21. The van der Waals surface area contributed by atoms with Crippen molar-refractivity contribution in [1.82, 2.24) is 29.7 Å². The highest BCUT2D eigenvalue weighted by atomic mass is 35.5. The zero-order chi connectivity index (χ0) is 65.4. The predicted molar refractivity (Wildman–Crippen MR) is 381 cm³/mol. The molecule has 3 aromatic heterocycles. The van der Waals surface area contributed by atoms with Gasteiger partial charge in [-0.05, 0) is 132 Å². The molecular weight excluding hydrogens is 1200 g/mol. The fraction of sp³-hybridized carbons (Fsp3) is 0.171. The summed E-state index contributed by atoms with van der Waals surface area (Å²) in [6, 6.07) is 87.2. The van der Waals surface area contributed by atoms with Gasteiger partial charge in [0.05, 0.1) is 21.2 Å². The van der Waals surface area contributed by atoms with Crippen molar-refractivity contribution in [1.29, 1.82) is 0 Å². The van der Waals surface area contributed by atoms with Gasteiger partial charge in [0.25, 0.3) is 11.8 Å². The van der Waals surface area contributed by atoms with Gasteiger partial charge in [0.2, 0.25) is 5.91 Å². The lowest BCUT2D eigenvalue weighted by atomic mass is 10.1. The average molecular weight is 1280 g/mol. The first-order valence-electron chi connectivity index (χ1n) is 31.8. The van der Waals surface area contributed by atoms with Crippen LogP contribution < -0.4 is 4.74 Å². The maximum Gasteiger partial charge on any atom is 0.255 e. The van der Waals surface area contributed by atoms with E-state index in [0.29, 0.717) is 86.3 Å². The van der Waals surface area contributed by atoms with Gasteiger partial charge in [0, 0.05) is 101 Å². The summed E-state index contributed by atoms with van der Waals surface area (Å²) >= 11 is 12.6. The lowest BCUT2D eigenvalue weighted by Gasteiger charge is -2.23. The SMILES string of the molecule is Cc1ccc(CN(CCc2ccccn2)C(=O)c2ccccc2Cl)cc1.O=C(CCCc1ccccc1)N(CCc1ccccn1)Cc1ccc(OCc2ccccc2)cc1.O=C(c1ccccc1Cl)N(CCc1ccccn1)Cc1ccc(/C=C/c2ccccc2)cc1. The Labute approximate surface area is 563 Å². The van der Waals surface area contributed by atoms with Crippen molar-refractivity contribution in [2.24, 2.45) is 0 Å². The molecule has 0 fully saturated rings. The molecule has 11 rings (SSSR count). The molecule has 474 valence electrons. The van der Waals surface area contributed by atoms with Gasteiger partial charge in [-0.15, -0.1) is 0 Å². The average Bonchev–Trinajstić information content (AvgIpc) is 1.26. The van der Waals surface area contributed by atoms with Crippen LogP contribution in [0.1, 0.15) is 95.1 Å². The van der Waals surface area contributed by atoms with Crippen LogP contribution in [0.15, 0.2) is 286 Å². The third-order valence-electron chi connectivity index (χ3n) is 15.6. The van der Waals surface area contributed by atoms with Gasteiger partial charge in [-0.2, -0.15) is 0 Å². The monoisotopic (exact) mass is 1280 g/mol. The predicted octanol–water partition coefficient (Wildman–Crippen LogP) is 18.0. The lowest BCUT2D eigenvalue weighted by molar-refractivity contribution is -0.131. The molecule has 94 heavy (non-hydrogen) atoms. The van der Waals surface area contributed by atoms with Gasteiger partial charge >= 0.3 is 0 Å². The molecule has 11 aromatic rings. The Morgan fingerprint density at radius 1 is 0.383 bits per heavy atom. The fourth-order valence-corrected chi connectivity index (χ4v) is 10.8. The fourth-order valence-electron chi connectivity index (χ4n) is 10.3. The van der Waals surface area contributed by atoms with Crippen LogP contribution in [0, 0.1) is 6.92 Å². The molecule has 0 saturated carbocycles. The molecule has 0 radical (unpaired) electrons. The van der Waals surface area contributed by atoms with E-state index in [4.69, 9.17) is 27.9 Å². The van der Waals surface area contributed by atoms with Crippen molar-refractivity contribution < 1.29 is 19.1 Å². The van der Waals surface area contributed by atoms with Gasteiger partial charge < -0.3 is 19.4 Å². The number of benzene rings is 8. The largest absolute Gasteiger partial charge is 0.489 e.